The van der Waals surface area contributed by atoms with Gasteiger partial charge in [-0.05, 0) is 48.4 Å². The number of benzene rings is 2. The van der Waals surface area contributed by atoms with Crippen molar-refractivity contribution in [2.24, 2.45) is 0 Å². The van der Waals surface area contributed by atoms with Gasteiger partial charge in [0.1, 0.15) is 11.5 Å². The Morgan fingerprint density at radius 2 is 1.89 bits per heavy atom. The van der Waals surface area contributed by atoms with Crippen molar-refractivity contribution >= 4 is 6.09 Å². The number of carbonyl (C=O) groups excluding carboxylic acids is 1. The van der Waals surface area contributed by atoms with Gasteiger partial charge >= 0.3 is 6.09 Å². The van der Waals surface area contributed by atoms with Crippen LogP contribution in [0.1, 0.15) is 11.1 Å². The summed E-state index contributed by atoms with van der Waals surface area (Å²) in [6, 6.07) is 13.5. The molecule has 0 saturated heterocycles. The maximum Gasteiger partial charge on any atom is 0.407 e. The van der Waals surface area contributed by atoms with Crippen molar-refractivity contribution in [1.29, 1.82) is 0 Å². The van der Waals surface area contributed by atoms with Crippen molar-refractivity contribution in [2.75, 3.05) is 21.3 Å². The minimum atomic E-state index is -0.460. The van der Waals surface area contributed by atoms with Gasteiger partial charge in [-0.2, -0.15) is 5.10 Å². The molecule has 0 aliphatic heterocycles. The van der Waals surface area contributed by atoms with Crippen molar-refractivity contribution in [1.82, 2.24) is 15.1 Å². The molecule has 7 heteroatoms. The lowest BCUT2D eigenvalue weighted by Gasteiger charge is -2.10. The Kier molecular flexibility index (Phi) is 5.84. The third-order valence-corrected chi connectivity index (χ3v) is 4.48. The molecule has 3 aromatic rings. The van der Waals surface area contributed by atoms with Crippen molar-refractivity contribution < 1.29 is 19.0 Å². The number of rotatable bonds is 6. The second kappa shape index (κ2) is 8.47. The molecule has 28 heavy (non-hydrogen) atoms. The van der Waals surface area contributed by atoms with E-state index in [1.165, 1.54) is 7.11 Å². The summed E-state index contributed by atoms with van der Waals surface area (Å²) < 4.78 is 17.1. The van der Waals surface area contributed by atoms with Gasteiger partial charge in [-0.3, -0.25) is 0 Å². The lowest BCUT2D eigenvalue weighted by atomic mass is 10.1. The Morgan fingerprint density at radius 1 is 1.07 bits per heavy atom. The van der Waals surface area contributed by atoms with Crippen LogP contribution in [0.15, 0.2) is 48.7 Å². The van der Waals surface area contributed by atoms with Crippen LogP contribution in [0.4, 0.5) is 4.79 Å². The van der Waals surface area contributed by atoms with E-state index < -0.39 is 6.09 Å². The molecule has 146 valence electrons. The molecule has 0 saturated carbocycles. The Bertz CT molecular complexity index is 982. The van der Waals surface area contributed by atoms with Gasteiger partial charge in [-0.25, -0.2) is 9.48 Å². The highest BCUT2D eigenvalue weighted by Gasteiger charge is 2.12. The fourth-order valence-corrected chi connectivity index (χ4v) is 2.85. The van der Waals surface area contributed by atoms with E-state index in [1.54, 1.807) is 18.9 Å². The summed E-state index contributed by atoms with van der Waals surface area (Å²) in [6.45, 7) is 2.38. The van der Waals surface area contributed by atoms with Gasteiger partial charge in [-0.15, -0.1) is 0 Å². The molecule has 0 atom stereocenters. The maximum atomic E-state index is 11.3. The molecular weight excluding hydrogens is 358 g/mol. The molecule has 0 spiro atoms. The van der Waals surface area contributed by atoms with Crippen LogP contribution in [0.5, 0.6) is 11.5 Å². The molecule has 0 radical (unpaired) electrons. The monoisotopic (exact) mass is 381 g/mol. The predicted molar refractivity (Wildman–Crippen MR) is 106 cm³/mol. The summed E-state index contributed by atoms with van der Waals surface area (Å²) in [6.07, 6.45) is 1.43. The highest BCUT2D eigenvalue weighted by atomic mass is 16.5. The Morgan fingerprint density at radius 3 is 2.61 bits per heavy atom. The summed E-state index contributed by atoms with van der Waals surface area (Å²) in [5.74, 6) is 1.41. The number of amides is 1. The number of alkyl carbamates (subject to hydrolysis) is 1. The first-order valence-electron chi connectivity index (χ1n) is 8.75. The van der Waals surface area contributed by atoms with Crippen LogP contribution >= 0.6 is 0 Å². The Labute approximate surface area is 163 Å². The second-order valence-corrected chi connectivity index (χ2v) is 6.17. The molecule has 1 heterocycles. The van der Waals surface area contributed by atoms with Gasteiger partial charge in [0.25, 0.3) is 0 Å². The molecule has 0 unspecified atom stereocenters. The van der Waals surface area contributed by atoms with Gasteiger partial charge in [0, 0.05) is 24.4 Å². The van der Waals surface area contributed by atoms with Crippen LogP contribution in [-0.4, -0.2) is 37.2 Å². The molecule has 1 aromatic heterocycles. The maximum absolute atomic E-state index is 11.3. The third kappa shape index (κ3) is 4.09. The number of aromatic nitrogens is 2. The SMILES string of the molecule is COC(=O)NCc1cc(-n2ccc(-c3ccc(OC)cc3OC)n2)ccc1C. The van der Waals surface area contributed by atoms with E-state index in [9.17, 15) is 4.79 Å². The molecule has 0 aliphatic carbocycles. The first-order chi connectivity index (χ1) is 13.5. The zero-order valence-corrected chi connectivity index (χ0v) is 16.4. The zero-order valence-electron chi connectivity index (χ0n) is 16.4. The first kappa shape index (κ1) is 19.3. The van der Waals surface area contributed by atoms with Crippen molar-refractivity contribution in [3.8, 4) is 28.4 Å². The van der Waals surface area contributed by atoms with E-state index in [-0.39, 0.29) is 0 Å². The fraction of sp³-hybridized carbons (Fsp3) is 0.238. The van der Waals surface area contributed by atoms with Crippen LogP contribution in [-0.2, 0) is 11.3 Å². The first-order valence-corrected chi connectivity index (χ1v) is 8.75. The van der Waals surface area contributed by atoms with Crippen molar-refractivity contribution in [3.05, 3.63) is 59.8 Å². The zero-order chi connectivity index (χ0) is 20.1. The Balaban J connectivity index is 1.89. The van der Waals surface area contributed by atoms with Gasteiger partial charge < -0.3 is 19.5 Å². The van der Waals surface area contributed by atoms with Gasteiger partial charge in [0.2, 0.25) is 0 Å². The van der Waals surface area contributed by atoms with E-state index in [0.29, 0.717) is 12.3 Å². The normalized spacial score (nSPS) is 10.4. The summed E-state index contributed by atoms with van der Waals surface area (Å²) in [5, 5.41) is 7.39. The lowest BCUT2D eigenvalue weighted by molar-refractivity contribution is 0.170. The fourth-order valence-electron chi connectivity index (χ4n) is 2.85. The molecule has 0 aliphatic rings. The minimum absolute atomic E-state index is 0.382. The van der Waals surface area contributed by atoms with Crippen LogP contribution in [0.25, 0.3) is 16.9 Å². The smallest absolute Gasteiger partial charge is 0.407 e. The molecule has 7 nitrogen and oxygen atoms in total. The topological polar surface area (TPSA) is 74.6 Å². The summed E-state index contributed by atoms with van der Waals surface area (Å²) in [7, 11) is 4.58. The lowest BCUT2D eigenvalue weighted by Crippen LogP contribution is -2.22. The number of hydrogen-bond donors (Lipinski definition) is 1. The minimum Gasteiger partial charge on any atom is -0.497 e. The van der Waals surface area contributed by atoms with Crippen molar-refractivity contribution in [3.63, 3.8) is 0 Å². The third-order valence-electron chi connectivity index (χ3n) is 4.48. The van der Waals surface area contributed by atoms with Crippen molar-refractivity contribution in [2.45, 2.75) is 13.5 Å². The number of nitrogens with zero attached hydrogens (tertiary/aromatic N) is 2. The molecular formula is C21H23N3O4. The highest BCUT2D eigenvalue weighted by Crippen LogP contribution is 2.32. The van der Waals surface area contributed by atoms with Gasteiger partial charge in [0.15, 0.2) is 0 Å². The molecule has 1 N–H and O–H groups in total. The van der Waals surface area contributed by atoms with Crippen LogP contribution in [0.2, 0.25) is 0 Å². The molecule has 0 bridgehead atoms. The van der Waals surface area contributed by atoms with Gasteiger partial charge in [-0.1, -0.05) is 6.07 Å². The van der Waals surface area contributed by atoms with E-state index in [2.05, 4.69) is 15.2 Å². The van der Waals surface area contributed by atoms with E-state index in [4.69, 9.17) is 9.47 Å². The second-order valence-electron chi connectivity index (χ2n) is 6.17. The molecule has 3 rings (SSSR count). The number of methoxy groups -OCH3 is 3. The van der Waals surface area contributed by atoms with Crippen LogP contribution < -0.4 is 14.8 Å². The largest absolute Gasteiger partial charge is 0.497 e. The summed E-state index contributed by atoms with van der Waals surface area (Å²) in [5.41, 5.74) is 4.62. The standard InChI is InChI=1S/C21H23N3O4/c1-14-5-6-16(11-15(14)13-22-21(25)28-4)24-10-9-19(23-24)18-8-7-17(26-2)12-20(18)27-3/h5-12H,13H2,1-4H3,(H,22,25). The summed E-state index contributed by atoms with van der Waals surface area (Å²) >= 11 is 0. The summed E-state index contributed by atoms with van der Waals surface area (Å²) in [4.78, 5) is 11.3. The molecule has 1 amide bonds. The number of ether oxygens (including phenoxy) is 3. The average Bonchev–Trinajstić information content (AvgIpc) is 3.22. The molecule has 0 fully saturated rings. The van der Waals surface area contributed by atoms with E-state index >= 15 is 0 Å². The average molecular weight is 381 g/mol. The number of hydrogen-bond acceptors (Lipinski definition) is 5. The Hall–Kier alpha value is -3.48. The van der Waals surface area contributed by atoms with Crippen LogP contribution in [0, 0.1) is 6.92 Å². The van der Waals surface area contributed by atoms with Crippen LogP contribution in [0.3, 0.4) is 0 Å². The molecule has 2 aromatic carbocycles. The number of carbonyl (C=O) groups is 1. The van der Waals surface area contributed by atoms with E-state index in [0.717, 1.165) is 33.8 Å². The highest BCUT2D eigenvalue weighted by molar-refractivity contribution is 5.69. The van der Waals surface area contributed by atoms with E-state index in [1.807, 2.05) is 55.6 Å². The number of nitrogens with one attached hydrogen (secondary N) is 1. The van der Waals surface area contributed by atoms with Gasteiger partial charge in [0.05, 0.1) is 32.7 Å². The number of aryl methyl sites for hydroxylation is 1. The quantitative estimate of drug-likeness (QED) is 0.704. The predicted octanol–water partition coefficient (Wildman–Crippen LogP) is 3.72.